The van der Waals surface area contributed by atoms with E-state index in [0.717, 1.165) is 41.8 Å². The number of quaternary nitrogens is 1. The lowest BCUT2D eigenvalue weighted by atomic mass is 9.89. The molecule has 2 aliphatic rings. The third kappa shape index (κ3) is 3.35. The fourth-order valence-corrected chi connectivity index (χ4v) is 5.76. The SMILES string of the molecule is C[C@@H]1CCc2c(sc3ncnc(Nc4ccc(N5CC[NH+](C)CC5)cc4)c23)C1. The maximum atomic E-state index is 4.59. The predicted molar refractivity (Wildman–Crippen MR) is 117 cm³/mol. The topological polar surface area (TPSA) is 45.5 Å². The first-order chi connectivity index (χ1) is 13.7. The van der Waals surface area contributed by atoms with Crippen LogP contribution in [0.1, 0.15) is 23.8 Å². The van der Waals surface area contributed by atoms with E-state index in [4.69, 9.17) is 0 Å². The Morgan fingerprint density at radius 3 is 2.71 bits per heavy atom. The zero-order chi connectivity index (χ0) is 19.1. The fraction of sp³-hybridized carbons (Fsp3) is 0.455. The second-order valence-corrected chi connectivity index (χ2v) is 9.45. The number of likely N-dealkylation sites (N-methyl/N-ethyl adjacent to an activating group) is 1. The van der Waals surface area contributed by atoms with Crippen LogP contribution in [0.25, 0.3) is 10.2 Å². The molecular formula is C22H28N5S+. The van der Waals surface area contributed by atoms with Gasteiger partial charge in [0.2, 0.25) is 0 Å². The van der Waals surface area contributed by atoms with E-state index in [-0.39, 0.29) is 0 Å². The van der Waals surface area contributed by atoms with E-state index in [1.54, 1.807) is 11.2 Å². The largest absolute Gasteiger partial charge is 0.360 e. The number of benzene rings is 1. The van der Waals surface area contributed by atoms with Crippen LogP contribution in [0.4, 0.5) is 17.2 Å². The number of thiophene rings is 1. The minimum atomic E-state index is 0.772. The Kier molecular flexibility index (Phi) is 4.69. The van der Waals surface area contributed by atoms with Crippen LogP contribution >= 0.6 is 11.3 Å². The second kappa shape index (κ2) is 7.33. The van der Waals surface area contributed by atoms with E-state index < -0.39 is 0 Å². The Bertz CT molecular complexity index is 973. The quantitative estimate of drug-likeness (QED) is 0.717. The molecule has 0 unspecified atom stereocenters. The fourth-order valence-electron chi connectivity index (χ4n) is 4.41. The summed E-state index contributed by atoms with van der Waals surface area (Å²) in [6.45, 7) is 7.03. The summed E-state index contributed by atoms with van der Waals surface area (Å²) in [6.07, 6.45) is 5.27. The van der Waals surface area contributed by atoms with E-state index in [2.05, 4.69) is 58.4 Å². The van der Waals surface area contributed by atoms with Gasteiger partial charge in [0.25, 0.3) is 0 Å². The van der Waals surface area contributed by atoms with Crippen molar-refractivity contribution >= 4 is 38.7 Å². The number of hydrogen-bond acceptors (Lipinski definition) is 5. The standard InChI is InChI=1S/C22H27N5S/c1-15-3-8-18-19(13-15)28-22-20(18)21(23-14-24-22)25-16-4-6-17(7-5-16)27-11-9-26(2)10-12-27/h4-7,14-15H,3,8-13H2,1-2H3,(H,23,24,25)/p+1/t15-/m1/s1. The van der Waals surface area contributed by atoms with Crippen molar-refractivity contribution in [1.82, 2.24) is 9.97 Å². The summed E-state index contributed by atoms with van der Waals surface area (Å²) in [5.41, 5.74) is 3.87. The number of aryl methyl sites for hydroxylation is 1. The Balaban J connectivity index is 1.40. The lowest BCUT2D eigenvalue weighted by Gasteiger charge is -2.31. The molecule has 1 atom stereocenters. The van der Waals surface area contributed by atoms with Gasteiger partial charge in [0.05, 0.1) is 38.6 Å². The lowest BCUT2D eigenvalue weighted by Crippen LogP contribution is -3.12. The number of rotatable bonds is 3. The highest BCUT2D eigenvalue weighted by molar-refractivity contribution is 7.19. The highest BCUT2D eigenvalue weighted by Crippen LogP contribution is 2.40. The summed E-state index contributed by atoms with van der Waals surface area (Å²) < 4.78 is 0. The molecule has 1 fully saturated rings. The monoisotopic (exact) mass is 394 g/mol. The third-order valence-electron chi connectivity index (χ3n) is 6.20. The smallest absolute Gasteiger partial charge is 0.142 e. The van der Waals surface area contributed by atoms with Crippen LogP contribution in [-0.4, -0.2) is 43.2 Å². The van der Waals surface area contributed by atoms with Crippen LogP contribution in [0, 0.1) is 5.92 Å². The van der Waals surface area contributed by atoms with Crippen molar-refractivity contribution in [3.63, 3.8) is 0 Å². The van der Waals surface area contributed by atoms with Gasteiger partial charge in [-0.3, -0.25) is 0 Å². The molecule has 0 spiro atoms. The molecule has 0 bridgehead atoms. The Morgan fingerprint density at radius 2 is 1.93 bits per heavy atom. The van der Waals surface area contributed by atoms with Gasteiger partial charge in [0, 0.05) is 16.3 Å². The number of nitrogens with zero attached hydrogens (tertiary/aromatic N) is 3. The van der Waals surface area contributed by atoms with Gasteiger partial charge in [-0.1, -0.05) is 6.92 Å². The molecule has 2 N–H and O–H groups in total. The molecule has 3 heterocycles. The van der Waals surface area contributed by atoms with Crippen molar-refractivity contribution < 1.29 is 4.90 Å². The van der Waals surface area contributed by atoms with Crippen molar-refractivity contribution in [2.75, 3.05) is 43.4 Å². The first kappa shape index (κ1) is 17.9. The summed E-state index contributed by atoms with van der Waals surface area (Å²) in [4.78, 5) is 15.9. The average Bonchev–Trinajstić information content (AvgIpc) is 3.07. The molecule has 1 saturated heterocycles. The van der Waals surface area contributed by atoms with E-state index in [9.17, 15) is 0 Å². The van der Waals surface area contributed by atoms with Crippen molar-refractivity contribution in [3.05, 3.63) is 41.0 Å². The third-order valence-corrected chi connectivity index (χ3v) is 7.37. The van der Waals surface area contributed by atoms with Crippen molar-refractivity contribution in [3.8, 4) is 0 Å². The van der Waals surface area contributed by atoms with E-state index in [1.165, 1.54) is 47.4 Å². The molecule has 5 rings (SSSR count). The van der Waals surface area contributed by atoms with Gasteiger partial charge >= 0.3 is 0 Å². The number of nitrogens with one attached hydrogen (secondary N) is 2. The second-order valence-electron chi connectivity index (χ2n) is 8.37. The predicted octanol–water partition coefficient (Wildman–Crippen LogP) is 2.89. The van der Waals surface area contributed by atoms with Gasteiger partial charge in [-0.15, -0.1) is 11.3 Å². The maximum absolute atomic E-state index is 4.59. The average molecular weight is 395 g/mol. The van der Waals surface area contributed by atoms with E-state index in [0.29, 0.717) is 0 Å². The van der Waals surface area contributed by atoms with Crippen LogP contribution in [0.3, 0.4) is 0 Å². The summed E-state index contributed by atoms with van der Waals surface area (Å²) in [5.74, 6) is 1.72. The number of fused-ring (bicyclic) bond motifs is 3. The number of piperazine rings is 1. The zero-order valence-electron chi connectivity index (χ0n) is 16.7. The van der Waals surface area contributed by atoms with Crippen molar-refractivity contribution in [2.45, 2.75) is 26.2 Å². The van der Waals surface area contributed by atoms with Gasteiger partial charge < -0.3 is 15.1 Å². The summed E-state index contributed by atoms with van der Waals surface area (Å²) in [6, 6.07) is 8.81. The molecule has 0 amide bonds. The van der Waals surface area contributed by atoms with Crippen LogP contribution in [0.2, 0.25) is 0 Å². The van der Waals surface area contributed by atoms with E-state index in [1.807, 2.05) is 11.3 Å². The summed E-state index contributed by atoms with van der Waals surface area (Å²) in [7, 11) is 2.27. The summed E-state index contributed by atoms with van der Waals surface area (Å²) in [5, 5.41) is 4.80. The molecule has 0 radical (unpaired) electrons. The van der Waals surface area contributed by atoms with Crippen LogP contribution < -0.4 is 15.1 Å². The Morgan fingerprint density at radius 1 is 1.14 bits per heavy atom. The molecule has 1 aromatic carbocycles. The van der Waals surface area contributed by atoms with Crippen LogP contribution in [0.15, 0.2) is 30.6 Å². The molecule has 28 heavy (non-hydrogen) atoms. The number of hydrogen-bond donors (Lipinski definition) is 2. The number of aromatic nitrogens is 2. The van der Waals surface area contributed by atoms with Gasteiger partial charge in [0.15, 0.2) is 0 Å². The minimum Gasteiger partial charge on any atom is -0.360 e. The van der Waals surface area contributed by atoms with Gasteiger partial charge in [-0.25, -0.2) is 9.97 Å². The zero-order valence-corrected chi connectivity index (χ0v) is 17.5. The summed E-state index contributed by atoms with van der Waals surface area (Å²) >= 11 is 1.85. The highest BCUT2D eigenvalue weighted by Gasteiger charge is 2.23. The molecular weight excluding hydrogens is 366 g/mol. The first-order valence-electron chi connectivity index (χ1n) is 10.4. The lowest BCUT2D eigenvalue weighted by molar-refractivity contribution is -0.880. The Hall–Kier alpha value is -2.18. The number of anilines is 3. The van der Waals surface area contributed by atoms with Crippen LogP contribution in [-0.2, 0) is 12.8 Å². The molecule has 146 valence electrons. The Labute approximate surface area is 170 Å². The first-order valence-corrected chi connectivity index (χ1v) is 11.2. The molecule has 1 aliphatic heterocycles. The van der Waals surface area contributed by atoms with Crippen molar-refractivity contribution in [2.24, 2.45) is 5.92 Å². The molecule has 3 aromatic rings. The molecule has 0 saturated carbocycles. The van der Waals surface area contributed by atoms with E-state index >= 15 is 0 Å². The van der Waals surface area contributed by atoms with Crippen LogP contribution in [0.5, 0.6) is 0 Å². The normalized spacial score (nSPS) is 20.4. The van der Waals surface area contributed by atoms with Crippen molar-refractivity contribution in [1.29, 1.82) is 0 Å². The van der Waals surface area contributed by atoms with Gasteiger partial charge in [-0.05, 0) is 55.0 Å². The minimum absolute atomic E-state index is 0.772. The molecule has 5 nitrogen and oxygen atoms in total. The maximum Gasteiger partial charge on any atom is 0.142 e. The van der Waals surface area contributed by atoms with Gasteiger partial charge in [-0.2, -0.15) is 0 Å². The highest BCUT2D eigenvalue weighted by atomic mass is 32.1. The van der Waals surface area contributed by atoms with Gasteiger partial charge in [0.1, 0.15) is 17.0 Å². The molecule has 6 heteroatoms. The molecule has 2 aromatic heterocycles. The molecule has 1 aliphatic carbocycles.